The first kappa shape index (κ1) is 16.4. The SMILES string of the molecule is COCC(=O)N1CC2(C1)OCCC2CCOCc1ccccn1. The second-order valence-electron chi connectivity index (χ2n) is 6.24. The Bertz CT molecular complexity index is 517. The van der Waals surface area contributed by atoms with Crippen LogP contribution in [0.25, 0.3) is 0 Å². The lowest BCUT2D eigenvalue weighted by Crippen LogP contribution is -2.66. The Hall–Kier alpha value is -1.50. The highest BCUT2D eigenvalue weighted by atomic mass is 16.5. The van der Waals surface area contributed by atoms with Crippen molar-refractivity contribution in [3.05, 3.63) is 30.1 Å². The zero-order valence-corrected chi connectivity index (χ0v) is 13.6. The lowest BCUT2D eigenvalue weighted by atomic mass is 9.79. The number of carbonyl (C=O) groups excluding carboxylic acids is 1. The van der Waals surface area contributed by atoms with Crippen molar-refractivity contribution in [2.75, 3.05) is 40.0 Å². The van der Waals surface area contributed by atoms with Crippen LogP contribution >= 0.6 is 0 Å². The van der Waals surface area contributed by atoms with Crippen LogP contribution in [0.4, 0.5) is 0 Å². The Kier molecular flexibility index (Phi) is 5.25. The summed E-state index contributed by atoms with van der Waals surface area (Å²) in [6.07, 6.45) is 3.77. The van der Waals surface area contributed by atoms with Gasteiger partial charge in [-0.25, -0.2) is 0 Å². The van der Waals surface area contributed by atoms with Crippen molar-refractivity contribution >= 4 is 5.91 Å². The van der Waals surface area contributed by atoms with Gasteiger partial charge >= 0.3 is 0 Å². The van der Waals surface area contributed by atoms with Crippen LogP contribution in [-0.2, 0) is 25.6 Å². The zero-order chi connectivity index (χ0) is 16.1. The highest BCUT2D eigenvalue weighted by molar-refractivity contribution is 5.78. The predicted octanol–water partition coefficient (Wildman–Crippen LogP) is 1.25. The summed E-state index contributed by atoms with van der Waals surface area (Å²) in [5.41, 5.74) is 0.794. The van der Waals surface area contributed by atoms with Gasteiger partial charge in [-0.2, -0.15) is 0 Å². The van der Waals surface area contributed by atoms with Crippen molar-refractivity contribution < 1.29 is 19.0 Å². The molecule has 0 N–H and O–H groups in total. The number of rotatable bonds is 7. The Balaban J connectivity index is 1.41. The quantitative estimate of drug-likeness (QED) is 0.708. The highest BCUT2D eigenvalue weighted by Gasteiger charge is 2.53. The molecule has 6 heteroatoms. The average molecular weight is 320 g/mol. The summed E-state index contributed by atoms with van der Waals surface area (Å²) >= 11 is 0. The highest BCUT2D eigenvalue weighted by Crippen LogP contribution is 2.41. The number of aromatic nitrogens is 1. The van der Waals surface area contributed by atoms with Gasteiger partial charge in [0.1, 0.15) is 12.2 Å². The summed E-state index contributed by atoms with van der Waals surface area (Å²) in [4.78, 5) is 17.9. The molecule has 3 heterocycles. The molecule has 0 bridgehead atoms. The zero-order valence-electron chi connectivity index (χ0n) is 13.6. The maximum atomic E-state index is 11.8. The summed E-state index contributed by atoms with van der Waals surface area (Å²) in [6, 6.07) is 5.83. The van der Waals surface area contributed by atoms with E-state index in [1.165, 1.54) is 0 Å². The molecule has 1 spiro atoms. The monoisotopic (exact) mass is 320 g/mol. The molecule has 3 rings (SSSR count). The molecule has 1 aromatic rings. The number of methoxy groups -OCH3 is 1. The molecule has 1 amide bonds. The van der Waals surface area contributed by atoms with Crippen molar-refractivity contribution in [1.29, 1.82) is 0 Å². The molecule has 2 saturated heterocycles. The fraction of sp³-hybridized carbons (Fsp3) is 0.647. The van der Waals surface area contributed by atoms with E-state index < -0.39 is 0 Å². The average Bonchev–Trinajstić information content (AvgIpc) is 2.95. The second kappa shape index (κ2) is 7.38. The van der Waals surface area contributed by atoms with Gasteiger partial charge in [-0.3, -0.25) is 9.78 Å². The molecule has 6 nitrogen and oxygen atoms in total. The second-order valence-corrected chi connectivity index (χ2v) is 6.24. The third kappa shape index (κ3) is 3.71. The van der Waals surface area contributed by atoms with Crippen molar-refractivity contribution in [2.24, 2.45) is 5.92 Å². The number of carbonyl (C=O) groups is 1. The van der Waals surface area contributed by atoms with Crippen molar-refractivity contribution in [3.63, 3.8) is 0 Å². The van der Waals surface area contributed by atoms with Crippen LogP contribution < -0.4 is 0 Å². The van der Waals surface area contributed by atoms with E-state index in [9.17, 15) is 4.79 Å². The first-order chi connectivity index (χ1) is 11.2. The topological polar surface area (TPSA) is 60.9 Å². The minimum absolute atomic E-state index is 0.0405. The largest absolute Gasteiger partial charge is 0.375 e. The van der Waals surface area contributed by atoms with Crippen LogP contribution in [0, 0.1) is 5.92 Å². The number of hydrogen-bond donors (Lipinski definition) is 0. The normalized spacial score (nSPS) is 22.3. The first-order valence-electron chi connectivity index (χ1n) is 8.12. The van der Waals surface area contributed by atoms with Gasteiger partial charge in [-0.15, -0.1) is 0 Å². The molecule has 1 unspecified atom stereocenters. The van der Waals surface area contributed by atoms with Crippen LogP contribution in [0.1, 0.15) is 18.5 Å². The lowest BCUT2D eigenvalue weighted by molar-refractivity contribution is -0.169. The van der Waals surface area contributed by atoms with Crippen molar-refractivity contribution in [1.82, 2.24) is 9.88 Å². The van der Waals surface area contributed by atoms with Gasteiger partial charge in [0, 0.05) is 26.5 Å². The Morgan fingerprint density at radius 2 is 2.35 bits per heavy atom. The number of likely N-dealkylation sites (tertiary alicyclic amines) is 1. The van der Waals surface area contributed by atoms with Gasteiger partial charge in [0.15, 0.2) is 0 Å². The number of nitrogens with zero attached hydrogens (tertiary/aromatic N) is 2. The molecule has 2 aliphatic rings. The van der Waals surface area contributed by atoms with Crippen LogP contribution in [0.2, 0.25) is 0 Å². The van der Waals surface area contributed by atoms with E-state index in [1.54, 1.807) is 13.3 Å². The fourth-order valence-electron chi connectivity index (χ4n) is 3.42. The molecule has 23 heavy (non-hydrogen) atoms. The van der Waals surface area contributed by atoms with E-state index in [4.69, 9.17) is 14.2 Å². The number of pyridine rings is 1. The van der Waals surface area contributed by atoms with Gasteiger partial charge in [0.25, 0.3) is 0 Å². The van der Waals surface area contributed by atoms with Gasteiger partial charge in [-0.1, -0.05) is 6.07 Å². The van der Waals surface area contributed by atoms with Crippen molar-refractivity contribution in [3.8, 4) is 0 Å². The van der Waals surface area contributed by atoms with Crippen LogP contribution in [0.3, 0.4) is 0 Å². The standard InChI is InChI=1S/C17H24N2O4/c1-21-11-16(20)19-12-17(13-19)14(6-9-23-17)5-8-22-10-15-4-2-3-7-18-15/h2-4,7,14H,5-6,8-13H2,1H3. The lowest BCUT2D eigenvalue weighted by Gasteiger charge is -2.50. The molecule has 0 radical (unpaired) electrons. The molecule has 1 aromatic heterocycles. The minimum Gasteiger partial charge on any atom is -0.375 e. The number of hydrogen-bond acceptors (Lipinski definition) is 5. The maximum absolute atomic E-state index is 11.8. The third-order valence-corrected chi connectivity index (χ3v) is 4.72. The smallest absolute Gasteiger partial charge is 0.248 e. The maximum Gasteiger partial charge on any atom is 0.248 e. The van der Waals surface area contributed by atoms with Gasteiger partial charge in [0.05, 0.1) is 25.4 Å². The Morgan fingerprint density at radius 1 is 1.48 bits per heavy atom. The molecule has 0 aliphatic carbocycles. The predicted molar refractivity (Wildman–Crippen MR) is 83.8 cm³/mol. The van der Waals surface area contributed by atoms with E-state index in [2.05, 4.69) is 4.98 Å². The fourth-order valence-corrected chi connectivity index (χ4v) is 3.42. The van der Waals surface area contributed by atoms with E-state index in [0.717, 1.165) is 25.1 Å². The number of amides is 1. The summed E-state index contributed by atoms with van der Waals surface area (Å²) < 4.78 is 16.6. The van der Waals surface area contributed by atoms with Crippen molar-refractivity contribution in [2.45, 2.75) is 25.0 Å². The van der Waals surface area contributed by atoms with Gasteiger partial charge in [0.2, 0.25) is 5.91 Å². The molecule has 0 saturated carbocycles. The molecule has 0 aromatic carbocycles. The van der Waals surface area contributed by atoms with Gasteiger partial charge < -0.3 is 19.1 Å². The first-order valence-corrected chi connectivity index (χ1v) is 8.12. The number of ether oxygens (including phenoxy) is 3. The van der Waals surface area contributed by atoms with Crippen LogP contribution in [0.5, 0.6) is 0 Å². The summed E-state index contributed by atoms with van der Waals surface area (Å²) in [6.45, 7) is 3.52. The summed E-state index contributed by atoms with van der Waals surface area (Å²) in [7, 11) is 1.54. The van der Waals surface area contributed by atoms with E-state index >= 15 is 0 Å². The molecular formula is C17H24N2O4. The Morgan fingerprint density at radius 3 is 3.09 bits per heavy atom. The third-order valence-electron chi connectivity index (χ3n) is 4.72. The molecule has 126 valence electrons. The van der Waals surface area contributed by atoms with Gasteiger partial charge in [-0.05, 0) is 30.9 Å². The minimum atomic E-state index is -0.155. The Labute approximate surface area is 136 Å². The van der Waals surface area contributed by atoms with E-state index in [-0.39, 0.29) is 18.1 Å². The molecule has 2 aliphatic heterocycles. The molecule has 2 fully saturated rings. The molecule has 1 atom stereocenters. The summed E-state index contributed by atoms with van der Waals surface area (Å²) in [5, 5.41) is 0. The summed E-state index contributed by atoms with van der Waals surface area (Å²) in [5.74, 6) is 0.497. The van der Waals surface area contributed by atoms with E-state index in [0.29, 0.717) is 32.2 Å². The van der Waals surface area contributed by atoms with E-state index in [1.807, 2.05) is 23.1 Å². The molecular weight excluding hydrogens is 296 g/mol. The van der Waals surface area contributed by atoms with Crippen LogP contribution in [-0.4, -0.2) is 61.4 Å². The van der Waals surface area contributed by atoms with Crippen LogP contribution in [0.15, 0.2) is 24.4 Å².